The normalized spacial score (nSPS) is 17.2. The third-order valence-electron chi connectivity index (χ3n) is 4.89. The lowest BCUT2D eigenvalue weighted by molar-refractivity contribution is 0.0665. The fourth-order valence-electron chi connectivity index (χ4n) is 3.54. The molecule has 3 heterocycles. The first kappa shape index (κ1) is 17.3. The number of nitrogens with zero attached hydrogens (tertiary/aromatic N) is 3. The summed E-state index contributed by atoms with van der Waals surface area (Å²) in [7, 11) is 0. The van der Waals surface area contributed by atoms with Gasteiger partial charge in [0.05, 0.1) is 6.20 Å². The van der Waals surface area contributed by atoms with Gasteiger partial charge in [-0.05, 0) is 49.9 Å². The van der Waals surface area contributed by atoms with Crippen LogP contribution in [0.4, 0.5) is 0 Å². The first-order valence-electron chi connectivity index (χ1n) is 9.03. The van der Waals surface area contributed by atoms with Gasteiger partial charge in [0.2, 0.25) is 0 Å². The lowest BCUT2D eigenvalue weighted by atomic mass is 9.97. The van der Waals surface area contributed by atoms with Crippen LogP contribution in [0.3, 0.4) is 0 Å². The van der Waals surface area contributed by atoms with E-state index in [0.29, 0.717) is 30.9 Å². The molecule has 0 saturated carbocycles. The van der Waals surface area contributed by atoms with Crippen LogP contribution in [0, 0.1) is 12.8 Å². The van der Waals surface area contributed by atoms with Crippen molar-refractivity contribution in [1.29, 1.82) is 0 Å². The van der Waals surface area contributed by atoms with E-state index in [1.807, 2.05) is 25.1 Å². The zero-order valence-corrected chi connectivity index (χ0v) is 15.1. The Labute approximate surface area is 155 Å². The van der Waals surface area contributed by atoms with Gasteiger partial charge in [-0.2, -0.15) is 15.4 Å². The van der Waals surface area contributed by atoms with Crippen LogP contribution < -0.4 is 5.32 Å². The van der Waals surface area contributed by atoms with Crippen LogP contribution >= 0.6 is 0 Å². The molecule has 2 aromatic heterocycles. The third-order valence-corrected chi connectivity index (χ3v) is 4.89. The van der Waals surface area contributed by atoms with Crippen molar-refractivity contribution in [2.24, 2.45) is 5.92 Å². The maximum atomic E-state index is 12.5. The van der Waals surface area contributed by atoms with Crippen LogP contribution in [0.15, 0.2) is 34.9 Å². The zero-order chi connectivity index (χ0) is 18.8. The number of fused-ring (bicyclic) bond motifs is 1. The lowest BCUT2D eigenvalue weighted by Crippen LogP contribution is -2.43. The lowest BCUT2D eigenvalue weighted by Gasteiger charge is -2.32. The number of likely N-dealkylation sites (tertiary alicyclic amines) is 1. The van der Waals surface area contributed by atoms with Gasteiger partial charge in [-0.15, -0.1) is 0 Å². The fourth-order valence-corrected chi connectivity index (χ4v) is 3.54. The standard InChI is InChI=1S/C19H21N5O3/c1-12-7-15-8-14(4-5-17(15)27-12)18(25)20-9-13-3-2-6-24(11-13)19(26)16-10-21-23-22-16/h4-5,7-8,10,13H,2-3,6,9,11H2,1H3,(H,20,25)(H,21,22,23). The van der Waals surface area contributed by atoms with Gasteiger partial charge in [0.15, 0.2) is 5.69 Å². The number of benzene rings is 1. The van der Waals surface area contributed by atoms with Crippen molar-refractivity contribution >= 4 is 22.8 Å². The summed E-state index contributed by atoms with van der Waals surface area (Å²) in [6.45, 7) is 3.72. The third kappa shape index (κ3) is 3.69. The molecule has 140 valence electrons. The molecular formula is C19H21N5O3. The minimum Gasteiger partial charge on any atom is -0.461 e. The average molecular weight is 367 g/mol. The van der Waals surface area contributed by atoms with Crippen LogP contribution in [0.2, 0.25) is 0 Å². The van der Waals surface area contributed by atoms with Crippen LogP contribution in [0.1, 0.15) is 39.4 Å². The number of H-pyrrole nitrogens is 1. The molecule has 2 N–H and O–H groups in total. The molecule has 1 atom stereocenters. The molecule has 2 amide bonds. The fraction of sp³-hybridized carbons (Fsp3) is 0.368. The summed E-state index contributed by atoms with van der Waals surface area (Å²) >= 11 is 0. The van der Waals surface area contributed by atoms with E-state index in [1.54, 1.807) is 11.0 Å². The summed E-state index contributed by atoms with van der Waals surface area (Å²) in [5.41, 5.74) is 1.70. The van der Waals surface area contributed by atoms with Gasteiger partial charge in [-0.1, -0.05) is 0 Å². The Morgan fingerprint density at radius 2 is 2.26 bits per heavy atom. The maximum Gasteiger partial charge on any atom is 0.276 e. The Hall–Kier alpha value is -3.16. The van der Waals surface area contributed by atoms with Crippen molar-refractivity contribution in [1.82, 2.24) is 25.6 Å². The number of rotatable bonds is 4. The minimum atomic E-state index is -0.124. The second kappa shape index (κ2) is 7.22. The molecule has 1 aliphatic heterocycles. The number of hydrogen-bond donors (Lipinski definition) is 2. The predicted molar refractivity (Wildman–Crippen MR) is 98.3 cm³/mol. The Morgan fingerprint density at radius 1 is 1.37 bits per heavy atom. The molecule has 0 radical (unpaired) electrons. The summed E-state index contributed by atoms with van der Waals surface area (Å²) in [5, 5.41) is 13.9. The summed E-state index contributed by atoms with van der Waals surface area (Å²) < 4.78 is 5.54. The summed E-state index contributed by atoms with van der Waals surface area (Å²) in [5.74, 6) is 0.802. The highest BCUT2D eigenvalue weighted by Gasteiger charge is 2.26. The second-order valence-electron chi connectivity index (χ2n) is 6.93. The highest BCUT2D eigenvalue weighted by molar-refractivity contribution is 5.97. The van der Waals surface area contributed by atoms with Gasteiger partial charge in [0.1, 0.15) is 11.3 Å². The highest BCUT2D eigenvalue weighted by atomic mass is 16.3. The Morgan fingerprint density at radius 3 is 3.07 bits per heavy atom. The average Bonchev–Trinajstić information content (AvgIpc) is 3.33. The zero-order valence-electron chi connectivity index (χ0n) is 15.1. The van der Waals surface area contributed by atoms with Gasteiger partial charge in [0, 0.05) is 30.6 Å². The molecule has 0 bridgehead atoms. The summed E-state index contributed by atoms with van der Waals surface area (Å²) in [6.07, 6.45) is 3.31. The number of nitrogens with one attached hydrogen (secondary N) is 2. The summed E-state index contributed by atoms with van der Waals surface area (Å²) in [6, 6.07) is 7.33. The van der Waals surface area contributed by atoms with E-state index in [4.69, 9.17) is 4.42 Å². The van der Waals surface area contributed by atoms with E-state index in [1.165, 1.54) is 6.20 Å². The molecular weight excluding hydrogens is 346 g/mol. The molecule has 1 unspecified atom stereocenters. The number of piperidine rings is 1. The van der Waals surface area contributed by atoms with Crippen LogP contribution in [0.5, 0.6) is 0 Å². The Balaban J connectivity index is 1.35. The molecule has 0 aliphatic carbocycles. The molecule has 3 aromatic rings. The minimum absolute atomic E-state index is 0.115. The number of hydrogen-bond acceptors (Lipinski definition) is 5. The van der Waals surface area contributed by atoms with Crippen molar-refractivity contribution in [3.63, 3.8) is 0 Å². The molecule has 1 aliphatic rings. The van der Waals surface area contributed by atoms with Gasteiger partial charge in [-0.3, -0.25) is 9.59 Å². The molecule has 1 aromatic carbocycles. The number of carbonyl (C=O) groups excluding carboxylic acids is 2. The van der Waals surface area contributed by atoms with E-state index in [0.717, 1.165) is 29.6 Å². The number of aromatic nitrogens is 3. The SMILES string of the molecule is Cc1cc2cc(C(=O)NCC3CCCN(C(=O)c4cn[nH]n4)C3)ccc2o1. The van der Waals surface area contributed by atoms with E-state index >= 15 is 0 Å². The van der Waals surface area contributed by atoms with Crippen LogP contribution in [0.25, 0.3) is 11.0 Å². The van der Waals surface area contributed by atoms with Crippen molar-refractivity contribution in [3.05, 3.63) is 47.5 Å². The topological polar surface area (TPSA) is 104 Å². The molecule has 4 rings (SSSR count). The quantitative estimate of drug-likeness (QED) is 0.735. The highest BCUT2D eigenvalue weighted by Crippen LogP contribution is 2.21. The number of carbonyl (C=O) groups is 2. The van der Waals surface area contributed by atoms with Gasteiger partial charge >= 0.3 is 0 Å². The van der Waals surface area contributed by atoms with Crippen molar-refractivity contribution in [2.75, 3.05) is 19.6 Å². The summed E-state index contributed by atoms with van der Waals surface area (Å²) in [4.78, 5) is 26.7. The van der Waals surface area contributed by atoms with Crippen molar-refractivity contribution in [2.45, 2.75) is 19.8 Å². The molecule has 1 saturated heterocycles. The molecule has 8 nitrogen and oxygen atoms in total. The van der Waals surface area contributed by atoms with Gasteiger partial charge < -0.3 is 14.6 Å². The number of aromatic amines is 1. The van der Waals surface area contributed by atoms with Crippen LogP contribution in [-0.2, 0) is 0 Å². The van der Waals surface area contributed by atoms with E-state index < -0.39 is 0 Å². The van der Waals surface area contributed by atoms with E-state index in [2.05, 4.69) is 20.7 Å². The predicted octanol–water partition coefficient (Wildman–Crippen LogP) is 2.14. The van der Waals surface area contributed by atoms with Crippen molar-refractivity contribution < 1.29 is 14.0 Å². The smallest absolute Gasteiger partial charge is 0.276 e. The molecule has 8 heteroatoms. The van der Waals surface area contributed by atoms with Crippen molar-refractivity contribution in [3.8, 4) is 0 Å². The Kier molecular flexibility index (Phi) is 4.62. The monoisotopic (exact) mass is 367 g/mol. The van der Waals surface area contributed by atoms with Gasteiger partial charge in [-0.25, -0.2) is 0 Å². The number of amides is 2. The Bertz CT molecular complexity index is 963. The molecule has 0 spiro atoms. The van der Waals surface area contributed by atoms with Gasteiger partial charge in [0.25, 0.3) is 11.8 Å². The second-order valence-corrected chi connectivity index (χ2v) is 6.93. The number of aryl methyl sites for hydroxylation is 1. The van der Waals surface area contributed by atoms with Crippen LogP contribution in [-0.4, -0.2) is 51.8 Å². The van der Waals surface area contributed by atoms with E-state index in [9.17, 15) is 9.59 Å². The molecule has 1 fully saturated rings. The maximum absolute atomic E-state index is 12.5. The largest absolute Gasteiger partial charge is 0.461 e. The first-order valence-corrected chi connectivity index (χ1v) is 9.03. The first-order chi connectivity index (χ1) is 13.1. The van der Waals surface area contributed by atoms with E-state index in [-0.39, 0.29) is 17.7 Å². The molecule has 27 heavy (non-hydrogen) atoms. The number of furan rings is 1.